The second-order valence-electron chi connectivity index (χ2n) is 4.83. The average Bonchev–Trinajstić information content (AvgIpc) is 2.74. The highest BCUT2D eigenvalue weighted by atomic mass is 79.9. The van der Waals surface area contributed by atoms with Gasteiger partial charge in [-0.1, -0.05) is 0 Å². The van der Waals surface area contributed by atoms with Crippen molar-refractivity contribution in [3.05, 3.63) is 21.3 Å². The monoisotopic (exact) mass is 326 g/mol. The first-order valence-electron chi connectivity index (χ1n) is 6.34. The number of halogens is 1. The number of H-pyrrole nitrogens is 1. The van der Waals surface area contributed by atoms with Crippen LogP contribution in [0.25, 0.3) is 11.3 Å². The number of imidazole rings is 1. The van der Waals surface area contributed by atoms with Crippen LogP contribution in [0.2, 0.25) is 0 Å². The maximum Gasteiger partial charge on any atom is 0.329 e. The zero-order chi connectivity index (χ0) is 13.4. The Bertz CT molecular complexity index is 643. The van der Waals surface area contributed by atoms with Gasteiger partial charge in [0.2, 0.25) is 0 Å². The van der Waals surface area contributed by atoms with Crippen molar-refractivity contribution in [2.75, 3.05) is 7.11 Å². The summed E-state index contributed by atoms with van der Waals surface area (Å²) < 4.78 is 7.74. The molecule has 0 aromatic carbocycles. The molecule has 2 aromatic heterocycles. The lowest BCUT2D eigenvalue weighted by Crippen LogP contribution is -2.28. The lowest BCUT2D eigenvalue weighted by Gasteiger charge is -2.27. The molecule has 2 heterocycles. The van der Waals surface area contributed by atoms with Crippen LogP contribution in [0.3, 0.4) is 0 Å². The van der Waals surface area contributed by atoms with Crippen LogP contribution in [0.15, 0.2) is 15.6 Å². The number of rotatable bonds is 2. The van der Waals surface area contributed by atoms with Gasteiger partial charge in [-0.2, -0.15) is 0 Å². The quantitative estimate of drug-likeness (QED) is 0.916. The molecule has 1 saturated carbocycles. The summed E-state index contributed by atoms with van der Waals surface area (Å²) in [7, 11) is 1.74. The molecule has 1 aliphatic carbocycles. The fourth-order valence-corrected chi connectivity index (χ4v) is 3.02. The minimum absolute atomic E-state index is 0.131. The van der Waals surface area contributed by atoms with E-state index in [2.05, 4.69) is 30.9 Å². The Hall–Kier alpha value is -1.21. The molecule has 0 amide bonds. The number of hydrogen-bond donors (Lipinski definition) is 1. The van der Waals surface area contributed by atoms with E-state index in [0.29, 0.717) is 22.0 Å². The molecule has 6 nitrogen and oxygen atoms in total. The SMILES string of the molecule is COC1CCC(n2c(=O)[nH]c3ncc(Br)nc32)CC1. The Balaban J connectivity index is 1.98. The summed E-state index contributed by atoms with van der Waals surface area (Å²) in [6.45, 7) is 0. The van der Waals surface area contributed by atoms with Crippen molar-refractivity contribution in [1.82, 2.24) is 19.5 Å². The fraction of sp³-hybridized carbons (Fsp3) is 0.583. The number of aromatic amines is 1. The molecule has 7 heteroatoms. The van der Waals surface area contributed by atoms with Crippen LogP contribution in [0.1, 0.15) is 31.7 Å². The third kappa shape index (κ3) is 2.32. The minimum Gasteiger partial charge on any atom is -0.381 e. The standard InChI is InChI=1S/C12H15BrN4O2/c1-19-8-4-2-7(3-5-8)17-11-10(16-12(17)18)14-6-9(13)15-11/h6-8H,2-5H2,1H3,(H,14,16,18). The molecule has 0 aliphatic heterocycles. The minimum atomic E-state index is -0.131. The van der Waals surface area contributed by atoms with E-state index in [9.17, 15) is 4.79 Å². The van der Waals surface area contributed by atoms with Gasteiger partial charge in [0.1, 0.15) is 4.60 Å². The van der Waals surface area contributed by atoms with E-state index in [0.717, 1.165) is 25.7 Å². The second-order valence-corrected chi connectivity index (χ2v) is 5.64. The Morgan fingerprint density at radius 2 is 2.16 bits per heavy atom. The van der Waals surface area contributed by atoms with E-state index in [1.54, 1.807) is 17.9 Å². The number of nitrogens with zero attached hydrogens (tertiary/aromatic N) is 3. The summed E-state index contributed by atoms with van der Waals surface area (Å²) in [4.78, 5) is 23.4. The first-order valence-corrected chi connectivity index (χ1v) is 7.14. The van der Waals surface area contributed by atoms with Crippen molar-refractivity contribution < 1.29 is 4.74 Å². The molecule has 102 valence electrons. The Morgan fingerprint density at radius 3 is 2.84 bits per heavy atom. The summed E-state index contributed by atoms with van der Waals surface area (Å²) in [5, 5.41) is 0. The first kappa shape index (κ1) is 12.8. The molecular formula is C12H15BrN4O2. The van der Waals surface area contributed by atoms with Crippen LogP contribution in [-0.4, -0.2) is 32.7 Å². The number of hydrogen-bond acceptors (Lipinski definition) is 4. The summed E-state index contributed by atoms with van der Waals surface area (Å²) >= 11 is 3.30. The molecule has 0 saturated heterocycles. The number of nitrogens with one attached hydrogen (secondary N) is 1. The van der Waals surface area contributed by atoms with Gasteiger partial charge in [-0.15, -0.1) is 0 Å². The molecule has 1 N–H and O–H groups in total. The van der Waals surface area contributed by atoms with Gasteiger partial charge in [0.05, 0.1) is 12.3 Å². The molecule has 3 rings (SSSR count). The summed E-state index contributed by atoms with van der Waals surface area (Å²) in [5.74, 6) is 0. The second kappa shape index (κ2) is 5.05. The Morgan fingerprint density at radius 1 is 1.42 bits per heavy atom. The summed E-state index contributed by atoms with van der Waals surface area (Å²) in [6.07, 6.45) is 5.71. The summed E-state index contributed by atoms with van der Waals surface area (Å²) in [5.41, 5.74) is 1.04. The van der Waals surface area contributed by atoms with Crippen LogP contribution < -0.4 is 5.69 Å². The zero-order valence-corrected chi connectivity index (χ0v) is 12.2. The van der Waals surface area contributed by atoms with Crippen LogP contribution in [0.4, 0.5) is 0 Å². The first-order chi connectivity index (χ1) is 9.19. The van der Waals surface area contributed by atoms with E-state index in [4.69, 9.17) is 4.74 Å². The van der Waals surface area contributed by atoms with Gasteiger partial charge < -0.3 is 4.74 Å². The molecule has 1 fully saturated rings. The van der Waals surface area contributed by atoms with Crippen molar-refractivity contribution in [3.8, 4) is 0 Å². The highest BCUT2D eigenvalue weighted by Crippen LogP contribution is 2.30. The third-order valence-electron chi connectivity index (χ3n) is 3.74. The number of fused-ring (bicyclic) bond motifs is 1. The lowest BCUT2D eigenvalue weighted by molar-refractivity contribution is 0.0585. The van der Waals surface area contributed by atoms with Crippen LogP contribution in [-0.2, 0) is 4.74 Å². The number of ether oxygens (including phenoxy) is 1. The smallest absolute Gasteiger partial charge is 0.329 e. The van der Waals surface area contributed by atoms with Crippen molar-refractivity contribution in [1.29, 1.82) is 0 Å². The maximum atomic E-state index is 12.1. The molecule has 0 radical (unpaired) electrons. The highest BCUT2D eigenvalue weighted by molar-refractivity contribution is 9.10. The molecule has 2 aromatic rings. The third-order valence-corrected chi connectivity index (χ3v) is 4.12. The normalized spacial score (nSPS) is 23.9. The van der Waals surface area contributed by atoms with Crippen molar-refractivity contribution >= 4 is 27.2 Å². The van der Waals surface area contributed by atoms with E-state index in [-0.39, 0.29) is 11.7 Å². The molecular weight excluding hydrogens is 312 g/mol. The topological polar surface area (TPSA) is 72.8 Å². The van der Waals surface area contributed by atoms with Crippen LogP contribution in [0, 0.1) is 0 Å². The molecule has 19 heavy (non-hydrogen) atoms. The van der Waals surface area contributed by atoms with Gasteiger partial charge in [-0.3, -0.25) is 9.55 Å². The highest BCUT2D eigenvalue weighted by Gasteiger charge is 2.25. The Labute approximate surface area is 118 Å². The lowest BCUT2D eigenvalue weighted by atomic mass is 9.93. The molecule has 1 aliphatic rings. The van der Waals surface area contributed by atoms with Crippen molar-refractivity contribution in [2.24, 2.45) is 0 Å². The fourth-order valence-electron chi connectivity index (χ4n) is 2.75. The van der Waals surface area contributed by atoms with E-state index in [1.807, 2.05) is 0 Å². The van der Waals surface area contributed by atoms with E-state index < -0.39 is 0 Å². The van der Waals surface area contributed by atoms with Gasteiger partial charge in [0.15, 0.2) is 11.3 Å². The molecule has 0 unspecified atom stereocenters. The van der Waals surface area contributed by atoms with Crippen LogP contribution >= 0.6 is 15.9 Å². The molecule has 0 atom stereocenters. The summed E-state index contributed by atoms with van der Waals surface area (Å²) in [6, 6.07) is 0.177. The van der Waals surface area contributed by atoms with Gasteiger partial charge in [0.25, 0.3) is 0 Å². The zero-order valence-electron chi connectivity index (χ0n) is 10.6. The predicted molar refractivity (Wildman–Crippen MR) is 74.2 cm³/mol. The predicted octanol–water partition coefficient (Wildman–Crippen LogP) is 2.01. The van der Waals surface area contributed by atoms with E-state index in [1.165, 1.54) is 0 Å². The molecule has 0 spiro atoms. The number of methoxy groups -OCH3 is 1. The Kier molecular flexibility index (Phi) is 3.40. The van der Waals surface area contributed by atoms with Crippen LogP contribution in [0.5, 0.6) is 0 Å². The van der Waals surface area contributed by atoms with Gasteiger partial charge in [-0.05, 0) is 41.6 Å². The van der Waals surface area contributed by atoms with Crippen molar-refractivity contribution in [3.63, 3.8) is 0 Å². The maximum absolute atomic E-state index is 12.1. The number of aromatic nitrogens is 4. The van der Waals surface area contributed by atoms with Crippen molar-refractivity contribution in [2.45, 2.75) is 37.8 Å². The van der Waals surface area contributed by atoms with Gasteiger partial charge >= 0.3 is 5.69 Å². The molecule has 0 bridgehead atoms. The average molecular weight is 327 g/mol. The van der Waals surface area contributed by atoms with Gasteiger partial charge in [0, 0.05) is 13.2 Å². The largest absolute Gasteiger partial charge is 0.381 e. The van der Waals surface area contributed by atoms with Gasteiger partial charge in [-0.25, -0.2) is 14.8 Å². The van der Waals surface area contributed by atoms with E-state index >= 15 is 0 Å².